The number of hydroxylamine groups is 2. The summed E-state index contributed by atoms with van der Waals surface area (Å²) in [7, 11) is 6.53. The Labute approximate surface area is 233 Å². The van der Waals surface area contributed by atoms with E-state index in [1.807, 2.05) is 0 Å². The third-order valence-corrected chi connectivity index (χ3v) is 6.67. The summed E-state index contributed by atoms with van der Waals surface area (Å²) in [5.74, 6) is -0.712. The lowest BCUT2D eigenvalue weighted by molar-refractivity contribution is -0.870. The summed E-state index contributed by atoms with van der Waals surface area (Å²) in [5, 5.41) is 3.51. The van der Waals surface area contributed by atoms with Gasteiger partial charge in [-0.2, -0.15) is 0 Å². The first-order valence-corrected chi connectivity index (χ1v) is 14.9. The van der Waals surface area contributed by atoms with Crippen LogP contribution in [0.15, 0.2) is 0 Å². The first kappa shape index (κ1) is 36.0. The SMILES string of the molecule is CC(=O)NCCSC(=O)CCCCCCCN.C[N+](C)(C)CCCCCCCC(=O)ON1C(=O)CCC1=O. The van der Waals surface area contributed by atoms with Crippen LogP contribution in [0, 0.1) is 0 Å². The van der Waals surface area contributed by atoms with Gasteiger partial charge in [-0.25, -0.2) is 4.79 Å². The topological polar surface area (TPSA) is 136 Å². The second kappa shape index (κ2) is 21.9. The molecule has 1 saturated heterocycles. The predicted octanol–water partition coefficient (Wildman–Crippen LogP) is 3.32. The first-order chi connectivity index (χ1) is 18.0. The summed E-state index contributed by atoms with van der Waals surface area (Å²) in [6, 6.07) is 0. The van der Waals surface area contributed by atoms with Crippen molar-refractivity contribution in [1.29, 1.82) is 0 Å². The summed E-state index contributed by atoms with van der Waals surface area (Å²) >= 11 is 1.31. The van der Waals surface area contributed by atoms with E-state index in [0.717, 1.165) is 62.5 Å². The fraction of sp³-hybridized carbons (Fsp3) is 0.815. The lowest BCUT2D eigenvalue weighted by atomic mass is 10.1. The fourth-order valence-electron chi connectivity index (χ4n) is 3.60. The molecule has 0 aromatic carbocycles. The van der Waals surface area contributed by atoms with Crippen molar-refractivity contribution in [3.63, 3.8) is 0 Å². The van der Waals surface area contributed by atoms with Crippen molar-refractivity contribution in [2.24, 2.45) is 5.73 Å². The van der Waals surface area contributed by atoms with E-state index in [0.29, 0.717) is 23.8 Å². The van der Waals surface area contributed by atoms with Gasteiger partial charge in [0, 0.05) is 44.9 Å². The first-order valence-electron chi connectivity index (χ1n) is 13.9. The molecular formula is C27H51N4O6S+. The molecule has 1 aliphatic heterocycles. The summed E-state index contributed by atoms with van der Waals surface area (Å²) in [4.78, 5) is 60.9. The van der Waals surface area contributed by atoms with Gasteiger partial charge in [0.05, 0.1) is 27.7 Å². The van der Waals surface area contributed by atoms with Gasteiger partial charge in [0.1, 0.15) is 0 Å². The highest BCUT2D eigenvalue weighted by atomic mass is 32.2. The monoisotopic (exact) mass is 559 g/mol. The number of quaternary nitrogens is 1. The zero-order valence-corrected chi connectivity index (χ0v) is 24.9. The maximum absolute atomic E-state index is 11.5. The number of rotatable bonds is 19. The van der Waals surface area contributed by atoms with Crippen LogP contribution in [0.4, 0.5) is 0 Å². The fourth-order valence-corrected chi connectivity index (χ4v) is 4.32. The van der Waals surface area contributed by atoms with Crippen molar-refractivity contribution < 1.29 is 33.3 Å². The van der Waals surface area contributed by atoms with Crippen LogP contribution in [-0.2, 0) is 28.8 Å². The number of imide groups is 1. The molecule has 0 spiro atoms. The quantitative estimate of drug-likeness (QED) is 0.140. The Balaban J connectivity index is 0.000000739. The van der Waals surface area contributed by atoms with Gasteiger partial charge in [-0.05, 0) is 38.6 Å². The van der Waals surface area contributed by atoms with E-state index in [1.165, 1.54) is 37.9 Å². The van der Waals surface area contributed by atoms with Gasteiger partial charge in [-0.1, -0.05) is 43.9 Å². The van der Waals surface area contributed by atoms with E-state index in [1.54, 1.807) is 0 Å². The minimum absolute atomic E-state index is 0.0436. The number of hydrogen-bond acceptors (Lipinski definition) is 8. The zero-order valence-electron chi connectivity index (χ0n) is 24.1. The van der Waals surface area contributed by atoms with E-state index < -0.39 is 17.8 Å². The summed E-state index contributed by atoms with van der Waals surface area (Å²) in [5.41, 5.74) is 5.39. The van der Waals surface area contributed by atoms with Crippen molar-refractivity contribution in [1.82, 2.24) is 10.4 Å². The second-order valence-electron chi connectivity index (χ2n) is 10.6. The number of amides is 3. The number of unbranched alkanes of at least 4 members (excludes halogenated alkanes) is 8. The molecule has 0 radical (unpaired) electrons. The highest BCUT2D eigenvalue weighted by molar-refractivity contribution is 8.13. The molecule has 0 aromatic heterocycles. The van der Waals surface area contributed by atoms with E-state index in [4.69, 9.17) is 10.6 Å². The molecule has 0 bridgehead atoms. The number of carbonyl (C=O) groups is 5. The van der Waals surface area contributed by atoms with E-state index >= 15 is 0 Å². The lowest BCUT2D eigenvalue weighted by Gasteiger charge is -2.23. The van der Waals surface area contributed by atoms with Gasteiger partial charge in [0.25, 0.3) is 11.8 Å². The molecule has 1 rings (SSSR count). The Morgan fingerprint density at radius 3 is 1.95 bits per heavy atom. The molecule has 0 unspecified atom stereocenters. The maximum atomic E-state index is 11.5. The Hall–Kier alpha value is -1.98. The molecule has 0 atom stereocenters. The highest BCUT2D eigenvalue weighted by Gasteiger charge is 2.32. The predicted molar refractivity (Wildman–Crippen MR) is 151 cm³/mol. The van der Waals surface area contributed by atoms with Gasteiger partial charge >= 0.3 is 5.97 Å². The van der Waals surface area contributed by atoms with Crippen molar-refractivity contribution in [3.05, 3.63) is 0 Å². The van der Waals surface area contributed by atoms with Crippen molar-refractivity contribution in [3.8, 4) is 0 Å². The van der Waals surface area contributed by atoms with Crippen molar-refractivity contribution in [2.45, 2.75) is 96.8 Å². The second-order valence-corrected chi connectivity index (χ2v) is 11.7. The molecule has 10 nitrogen and oxygen atoms in total. The van der Waals surface area contributed by atoms with Gasteiger partial charge in [-0.3, -0.25) is 19.2 Å². The number of nitrogens with one attached hydrogen (secondary N) is 1. The Morgan fingerprint density at radius 2 is 1.39 bits per heavy atom. The molecule has 11 heteroatoms. The third-order valence-electron chi connectivity index (χ3n) is 5.73. The number of nitrogens with zero attached hydrogens (tertiary/aromatic N) is 2. The van der Waals surface area contributed by atoms with E-state index in [2.05, 4.69) is 26.5 Å². The molecule has 220 valence electrons. The van der Waals surface area contributed by atoms with E-state index in [9.17, 15) is 24.0 Å². The van der Waals surface area contributed by atoms with Crippen LogP contribution in [0.1, 0.15) is 96.8 Å². The van der Waals surface area contributed by atoms with Crippen molar-refractivity contribution >= 4 is 40.6 Å². The largest absolute Gasteiger partial charge is 0.356 e. The summed E-state index contributed by atoms with van der Waals surface area (Å²) in [6.07, 6.45) is 11.8. The average Bonchev–Trinajstić information content (AvgIpc) is 3.15. The molecule has 1 fully saturated rings. The summed E-state index contributed by atoms with van der Waals surface area (Å²) in [6.45, 7) is 3.97. The maximum Gasteiger partial charge on any atom is 0.333 e. The molecule has 3 N–H and O–H groups in total. The molecule has 0 aliphatic carbocycles. The molecule has 0 saturated carbocycles. The van der Waals surface area contributed by atoms with Gasteiger partial charge < -0.3 is 20.4 Å². The van der Waals surface area contributed by atoms with Gasteiger partial charge in [0.2, 0.25) is 5.91 Å². The van der Waals surface area contributed by atoms with Crippen LogP contribution in [0.3, 0.4) is 0 Å². The highest BCUT2D eigenvalue weighted by Crippen LogP contribution is 2.14. The number of nitrogens with two attached hydrogens (primary N) is 1. The van der Waals surface area contributed by atoms with Crippen LogP contribution < -0.4 is 11.1 Å². The van der Waals surface area contributed by atoms with Crippen LogP contribution in [0.5, 0.6) is 0 Å². The Bertz CT molecular complexity index is 711. The Kier molecular flexibility index (Phi) is 20.8. The van der Waals surface area contributed by atoms with Gasteiger partial charge in [0.15, 0.2) is 5.12 Å². The molecule has 0 aromatic rings. The van der Waals surface area contributed by atoms with Crippen LogP contribution in [0.25, 0.3) is 0 Å². The minimum Gasteiger partial charge on any atom is -0.356 e. The Morgan fingerprint density at radius 1 is 0.868 bits per heavy atom. The van der Waals surface area contributed by atoms with Crippen LogP contribution >= 0.6 is 11.8 Å². The summed E-state index contributed by atoms with van der Waals surface area (Å²) < 4.78 is 0.976. The standard InChI is InChI=1S/C15H27N2O4.C12H24N2O2S/c1-17(2,3)12-8-6-4-5-7-9-15(20)21-16-13(18)10-11-14(16)19;1-11(15)14-9-10-17-12(16)7-5-3-2-4-6-8-13/h4-12H2,1-3H3;2-10,13H2,1H3,(H,14,15)/q+1;. The molecule has 1 aliphatic rings. The minimum atomic E-state index is -0.495. The zero-order chi connectivity index (χ0) is 28.8. The normalized spacial score (nSPS) is 13.2. The lowest BCUT2D eigenvalue weighted by Crippen LogP contribution is -2.35. The smallest absolute Gasteiger partial charge is 0.333 e. The van der Waals surface area contributed by atoms with E-state index in [-0.39, 0.29) is 30.3 Å². The number of hydrogen-bond donors (Lipinski definition) is 2. The van der Waals surface area contributed by atoms with Crippen LogP contribution in [-0.4, -0.2) is 84.9 Å². The molecular weight excluding hydrogens is 508 g/mol. The molecule has 3 amide bonds. The molecule has 1 heterocycles. The van der Waals surface area contributed by atoms with Crippen LogP contribution in [0.2, 0.25) is 0 Å². The van der Waals surface area contributed by atoms with Gasteiger partial charge in [-0.15, -0.1) is 5.06 Å². The number of carbonyl (C=O) groups excluding carboxylic acids is 5. The number of thioether (sulfide) groups is 1. The molecule has 38 heavy (non-hydrogen) atoms. The van der Waals surface area contributed by atoms with Crippen molar-refractivity contribution in [2.75, 3.05) is 46.5 Å². The third kappa shape index (κ3) is 22.0. The average molecular weight is 560 g/mol.